The molecule has 2 bridgehead atoms. The third-order valence-electron chi connectivity index (χ3n) is 4.49. The van der Waals surface area contributed by atoms with Gasteiger partial charge in [-0.05, 0) is 57.7 Å². The molecule has 0 aromatic carbocycles. The minimum absolute atomic E-state index is 0.749. The fourth-order valence-electron chi connectivity index (χ4n) is 3.66. The Morgan fingerprint density at radius 3 is 2.83 bits per heavy atom. The first-order chi connectivity index (χ1) is 8.69. The standard InChI is InChI=1S/C15H23N3/c1-10-6-11(2)17-15(14(10)8-16-3)18-9-12-4-5-13(18)7-12/h6,12-13,16H,4-5,7-9H2,1-3H3. The van der Waals surface area contributed by atoms with Gasteiger partial charge in [-0.2, -0.15) is 0 Å². The number of aromatic nitrogens is 1. The van der Waals surface area contributed by atoms with Gasteiger partial charge in [0.05, 0.1) is 0 Å². The first kappa shape index (κ1) is 12.0. The fourth-order valence-corrected chi connectivity index (χ4v) is 3.66. The molecule has 0 radical (unpaired) electrons. The summed E-state index contributed by atoms with van der Waals surface area (Å²) in [6.45, 7) is 6.45. The average molecular weight is 245 g/mol. The number of fused-ring (bicyclic) bond motifs is 2. The number of anilines is 1. The predicted molar refractivity (Wildman–Crippen MR) is 74.9 cm³/mol. The van der Waals surface area contributed by atoms with Crippen molar-refractivity contribution in [2.24, 2.45) is 5.92 Å². The largest absolute Gasteiger partial charge is 0.353 e. The van der Waals surface area contributed by atoms with Crippen LogP contribution in [-0.2, 0) is 6.54 Å². The van der Waals surface area contributed by atoms with Crippen LogP contribution < -0.4 is 10.2 Å². The van der Waals surface area contributed by atoms with Gasteiger partial charge in [0.25, 0.3) is 0 Å². The van der Waals surface area contributed by atoms with Crippen molar-refractivity contribution in [3.8, 4) is 0 Å². The second-order valence-corrected chi connectivity index (χ2v) is 5.90. The number of nitrogens with one attached hydrogen (secondary N) is 1. The van der Waals surface area contributed by atoms with E-state index in [1.165, 1.54) is 42.8 Å². The predicted octanol–water partition coefficient (Wildman–Crippen LogP) is 2.41. The normalized spacial score (nSPS) is 26.1. The van der Waals surface area contributed by atoms with Gasteiger partial charge >= 0.3 is 0 Å². The maximum Gasteiger partial charge on any atom is 0.133 e. The van der Waals surface area contributed by atoms with Crippen LogP contribution in [0.25, 0.3) is 0 Å². The van der Waals surface area contributed by atoms with Crippen molar-refractivity contribution in [3.63, 3.8) is 0 Å². The Morgan fingerprint density at radius 2 is 2.22 bits per heavy atom. The van der Waals surface area contributed by atoms with Gasteiger partial charge < -0.3 is 10.2 Å². The highest BCUT2D eigenvalue weighted by molar-refractivity contribution is 5.53. The average Bonchev–Trinajstić information content (AvgIpc) is 2.94. The molecule has 1 saturated heterocycles. The molecule has 2 unspecified atom stereocenters. The first-order valence-corrected chi connectivity index (χ1v) is 7.07. The van der Waals surface area contributed by atoms with E-state index in [0.717, 1.165) is 24.2 Å². The Morgan fingerprint density at radius 1 is 1.39 bits per heavy atom. The van der Waals surface area contributed by atoms with Gasteiger partial charge in [0.15, 0.2) is 0 Å². The van der Waals surface area contributed by atoms with Gasteiger partial charge in [-0.25, -0.2) is 4.98 Å². The van der Waals surface area contributed by atoms with E-state index < -0.39 is 0 Å². The molecule has 2 fully saturated rings. The topological polar surface area (TPSA) is 28.2 Å². The number of hydrogen-bond donors (Lipinski definition) is 1. The Kier molecular flexibility index (Phi) is 3.02. The summed E-state index contributed by atoms with van der Waals surface area (Å²) in [6, 6.07) is 2.95. The molecule has 1 aromatic rings. The second kappa shape index (κ2) is 4.54. The first-order valence-electron chi connectivity index (χ1n) is 7.07. The highest BCUT2D eigenvalue weighted by Crippen LogP contribution is 2.41. The Balaban J connectivity index is 1.99. The number of nitrogens with zero attached hydrogens (tertiary/aromatic N) is 2. The lowest BCUT2D eigenvalue weighted by atomic mass is 10.1. The quantitative estimate of drug-likeness (QED) is 0.886. The number of hydrogen-bond acceptors (Lipinski definition) is 3. The number of rotatable bonds is 3. The molecule has 3 heteroatoms. The molecule has 2 heterocycles. The molecular formula is C15H23N3. The molecule has 1 saturated carbocycles. The monoisotopic (exact) mass is 245 g/mol. The van der Waals surface area contributed by atoms with E-state index in [-0.39, 0.29) is 0 Å². The zero-order chi connectivity index (χ0) is 12.7. The summed E-state index contributed by atoms with van der Waals surface area (Å²) < 4.78 is 0. The van der Waals surface area contributed by atoms with Crippen LogP contribution in [0.15, 0.2) is 6.07 Å². The summed E-state index contributed by atoms with van der Waals surface area (Å²) in [7, 11) is 2.01. The minimum atomic E-state index is 0.749. The van der Waals surface area contributed by atoms with Crippen LogP contribution in [0.4, 0.5) is 5.82 Å². The maximum absolute atomic E-state index is 4.84. The molecule has 0 spiro atoms. The molecule has 1 aliphatic heterocycles. The van der Waals surface area contributed by atoms with Gasteiger partial charge in [-0.15, -0.1) is 0 Å². The van der Waals surface area contributed by atoms with Gasteiger partial charge in [0, 0.05) is 30.4 Å². The number of pyridine rings is 1. The highest BCUT2D eigenvalue weighted by atomic mass is 15.2. The summed E-state index contributed by atoms with van der Waals surface area (Å²) in [4.78, 5) is 7.41. The lowest BCUT2D eigenvalue weighted by Crippen LogP contribution is -2.34. The van der Waals surface area contributed by atoms with E-state index in [2.05, 4.69) is 30.1 Å². The van der Waals surface area contributed by atoms with Crippen molar-refractivity contribution in [2.45, 2.75) is 45.7 Å². The molecule has 1 aliphatic carbocycles. The lowest BCUT2D eigenvalue weighted by Gasteiger charge is -2.30. The molecule has 0 amide bonds. The highest BCUT2D eigenvalue weighted by Gasteiger charge is 2.39. The van der Waals surface area contributed by atoms with Crippen LogP contribution in [0.1, 0.15) is 36.1 Å². The fraction of sp³-hybridized carbons (Fsp3) is 0.667. The van der Waals surface area contributed by atoms with Crippen LogP contribution in [-0.4, -0.2) is 24.6 Å². The smallest absolute Gasteiger partial charge is 0.133 e. The van der Waals surface area contributed by atoms with Crippen LogP contribution in [0, 0.1) is 19.8 Å². The molecule has 98 valence electrons. The Bertz CT molecular complexity index is 455. The van der Waals surface area contributed by atoms with E-state index in [1.807, 2.05) is 7.05 Å². The Labute approximate surface area is 110 Å². The number of piperidine rings is 1. The van der Waals surface area contributed by atoms with Crippen molar-refractivity contribution in [2.75, 3.05) is 18.5 Å². The van der Waals surface area contributed by atoms with Crippen molar-refractivity contribution in [1.82, 2.24) is 10.3 Å². The van der Waals surface area contributed by atoms with Crippen LogP contribution >= 0.6 is 0 Å². The molecule has 3 rings (SSSR count). The summed E-state index contributed by atoms with van der Waals surface area (Å²) in [5.74, 6) is 2.16. The third-order valence-corrected chi connectivity index (χ3v) is 4.49. The summed E-state index contributed by atoms with van der Waals surface area (Å²) >= 11 is 0. The van der Waals surface area contributed by atoms with Crippen molar-refractivity contribution in [3.05, 3.63) is 22.9 Å². The molecule has 1 N–H and O–H groups in total. The summed E-state index contributed by atoms with van der Waals surface area (Å²) in [6.07, 6.45) is 4.17. The van der Waals surface area contributed by atoms with E-state index in [1.54, 1.807) is 0 Å². The van der Waals surface area contributed by atoms with Crippen molar-refractivity contribution >= 4 is 5.82 Å². The summed E-state index contributed by atoms with van der Waals surface area (Å²) in [5.41, 5.74) is 3.90. The molecule has 2 aliphatic rings. The molecule has 1 aromatic heterocycles. The molecule has 3 nitrogen and oxygen atoms in total. The molecular weight excluding hydrogens is 222 g/mol. The SMILES string of the molecule is CNCc1c(C)cc(C)nc1N1CC2CCC1C2. The third kappa shape index (κ3) is 1.91. The second-order valence-electron chi connectivity index (χ2n) is 5.90. The molecule has 2 atom stereocenters. The zero-order valence-corrected chi connectivity index (χ0v) is 11.7. The van der Waals surface area contributed by atoms with Crippen LogP contribution in [0.5, 0.6) is 0 Å². The van der Waals surface area contributed by atoms with Gasteiger partial charge in [0.1, 0.15) is 5.82 Å². The van der Waals surface area contributed by atoms with Crippen LogP contribution in [0.2, 0.25) is 0 Å². The zero-order valence-electron chi connectivity index (χ0n) is 11.7. The van der Waals surface area contributed by atoms with Crippen molar-refractivity contribution in [1.29, 1.82) is 0 Å². The van der Waals surface area contributed by atoms with Gasteiger partial charge in [0.2, 0.25) is 0 Å². The van der Waals surface area contributed by atoms with E-state index >= 15 is 0 Å². The molecule has 18 heavy (non-hydrogen) atoms. The van der Waals surface area contributed by atoms with E-state index in [9.17, 15) is 0 Å². The Hall–Kier alpha value is -1.09. The minimum Gasteiger partial charge on any atom is -0.353 e. The van der Waals surface area contributed by atoms with E-state index in [0.29, 0.717) is 0 Å². The van der Waals surface area contributed by atoms with Crippen LogP contribution in [0.3, 0.4) is 0 Å². The van der Waals surface area contributed by atoms with Gasteiger partial charge in [-0.3, -0.25) is 0 Å². The van der Waals surface area contributed by atoms with E-state index in [4.69, 9.17) is 4.98 Å². The summed E-state index contributed by atoms with van der Waals surface area (Å²) in [5, 5.41) is 3.29. The van der Waals surface area contributed by atoms with Crippen molar-refractivity contribution < 1.29 is 0 Å². The lowest BCUT2D eigenvalue weighted by molar-refractivity contribution is 0.548. The van der Waals surface area contributed by atoms with Gasteiger partial charge in [-0.1, -0.05) is 0 Å². The maximum atomic E-state index is 4.84. The number of aryl methyl sites for hydroxylation is 2.